The van der Waals surface area contributed by atoms with Crippen molar-refractivity contribution in [1.29, 1.82) is 0 Å². The van der Waals surface area contributed by atoms with Crippen LogP contribution in [0.15, 0.2) is 63.9 Å². The second-order valence-electron chi connectivity index (χ2n) is 5.61. The molecule has 1 amide bonds. The van der Waals surface area contributed by atoms with E-state index in [-0.39, 0.29) is 16.6 Å². The molecule has 2 N–H and O–H groups in total. The lowest BCUT2D eigenvalue weighted by molar-refractivity contribution is -0.114. The largest absolute Gasteiger partial charge is 0.341 e. The SMILES string of the molecule is O=C1N=c2ccccc2=C/C1=C\c1sc(=O)[nH]c1Nc1ccc(F)cc1. The van der Waals surface area contributed by atoms with Crippen LogP contribution in [0, 0.1) is 5.82 Å². The van der Waals surface area contributed by atoms with Crippen LogP contribution in [0.4, 0.5) is 15.9 Å². The molecule has 4 rings (SSSR count). The number of hydrogen-bond donors (Lipinski definition) is 2. The number of anilines is 2. The van der Waals surface area contributed by atoms with Crippen molar-refractivity contribution in [2.45, 2.75) is 0 Å². The summed E-state index contributed by atoms with van der Waals surface area (Å²) in [5.74, 6) is -0.268. The monoisotopic (exact) mass is 365 g/mol. The number of carbonyl (C=O) groups is 1. The molecule has 0 aliphatic carbocycles. The molecule has 1 aliphatic rings. The van der Waals surface area contributed by atoms with Crippen LogP contribution in [0.25, 0.3) is 12.2 Å². The summed E-state index contributed by atoms with van der Waals surface area (Å²) in [6.07, 6.45) is 3.37. The summed E-state index contributed by atoms with van der Waals surface area (Å²) in [5.41, 5.74) is 1.01. The smallest absolute Gasteiger partial charge is 0.306 e. The summed E-state index contributed by atoms with van der Waals surface area (Å²) in [4.78, 5) is 31.1. The van der Waals surface area contributed by atoms with E-state index in [9.17, 15) is 14.0 Å². The minimum Gasteiger partial charge on any atom is -0.341 e. The van der Waals surface area contributed by atoms with Gasteiger partial charge in [-0.1, -0.05) is 29.5 Å². The van der Waals surface area contributed by atoms with E-state index in [2.05, 4.69) is 15.3 Å². The van der Waals surface area contributed by atoms with Crippen molar-refractivity contribution in [2.24, 2.45) is 4.99 Å². The van der Waals surface area contributed by atoms with Gasteiger partial charge in [0.05, 0.1) is 10.2 Å². The number of nitrogens with zero attached hydrogens (tertiary/aromatic N) is 1. The van der Waals surface area contributed by atoms with Gasteiger partial charge in [0.1, 0.15) is 11.6 Å². The Morgan fingerprint density at radius 1 is 1.08 bits per heavy atom. The zero-order valence-corrected chi connectivity index (χ0v) is 14.1. The number of H-pyrrole nitrogens is 1. The zero-order valence-electron chi connectivity index (χ0n) is 13.3. The second kappa shape index (κ2) is 6.53. The van der Waals surface area contributed by atoms with Gasteiger partial charge < -0.3 is 5.32 Å². The first-order chi connectivity index (χ1) is 12.6. The highest BCUT2D eigenvalue weighted by Gasteiger charge is 2.13. The Bertz CT molecular complexity index is 1210. The molecule has 0 saturated carbocycles. The topological polar surface area (TPSA) is 74.3 Å². The Hall–Kier alpha value is -3.32. The van der Waals surface area contributed by atoms with Gasteiger partial charge in [0.15, 0.2) is 0 Å². The van der Waals surface area contributed by atoms with Crippen molar-refractivity contribution in [3.05, 3.63) is 85.0 Å². The molecule has 0 fully saturated rings. The molecule has 2 heterocycles. The van der Waals surface area contributed by atoms with Crippen LogP contribution in [0.1, 0.15) is 4.88 Å². The number of para-hydroxylation sites is 1. The van der Waals surface area contributed by atoms with Crippen LogP contribution in [-0.4, -0.2) is 10.9 Å². The lowest BCUT2D eigenvalue weighted by atomic mass is 10.1. The maximum absolute atomic E-state index is 13.0. The second-order valence-corrected chi connectivity index (χ2v) is 6.62. The molecule has 128 valence electrons. The third-order valence-electron chi connectivity index (χ3n) is 3.79. The van der Waals surface area contributed by atoms with E-state index < -0.39 is 0 Å². The molecular weight excluding hydrogens is 353 g/mol. The standard InChI is InChI=1S/C19H12FN3O2S/c20-13-5-7-14(8-6-13)21-17-16(26-19(25)23-17)10-12-9-11-3-1-2-4-15(11)22-18(12)24/h1-10,21H,(H,23,25)/b12-10+. The van der Waals surface area contributed by atoms with E-state index in [4.69, 9.17) is 0 Å². The number of carbonyl (C=O) groups excluding carboxylic acids is 1. The van der Waals surface area contributed by atoms with Crippen molar-refractivity contribution < 1.29 is 9.18 Å². The highest BCUT2D eigenvalue weighted by molar-refractivity contribution is 7.10. The lowest BCUT2D eigenvalue weighted by Crippen LogP contribution is -2.29. The molecule has 0 atom stereocenters. The summed E-state index contributed by atoms with van der Waals surface area (Å²) in [6, 6.07) is 13.1. The lowest BCUT2D eigenvalue weighted by Gasteiger charge is -2.06. The first kappa shape index (κ1) is 16.2. The third kappa shape index (κ3) is 3.25. The maximum Gasteiger partial charge on any atom is 0.306 e. The fraction of sp³-hybridized carbons (Fsp3) is 0. The van der Waals surface area contributed by atoms with Crippen LogP contribution < -0.4 is 20.8 Å². The van der Waals surface area contributed by atoms with Crippen molar-refractivity contribution in [2.75, 3.05) is 5.32 Å². The van der Waals surface area contributed by atoms with Crippen LogP contribution in [0.3, 0.4) is 0 Å². The van der Waals surface area contributed by atoms with Gasteiger partial charge in [0.2, 0.25) is 0 Å². The van der Waals surface area contributed by atoms with E-state index in [1.807, 2.05) is 18.2 Å². The van der Waals surface area contributed by atoms with Crippen molar-refractivity contribution in [3.63, 3.8) is 0 Å². The summed E-state index contributed by atoms with van der Waals surface area (Å²) in [5, 5.41) is 4.50. The zero-order chi connectivity index (χ0) is 18.1. The van der Waals surface area contributed by atoms with Crippen LogP contribution in [-0.2, 0) is 4.79 Å². The van der Waals surface area contributed by atoms with Gasteiger partial charge in [-0.15, -0.1) is 0 Å². The quantitative estimate of drug-likeness (QED) is 0.700. The summed E-state index contributed by atoms with van der Waals surface area (Å²) < 4.78 is 13.0. The van der Waals surface area contributed by atoms with Crippen LogP contribution in [0.2, 0.25) is 0 Å². The molecular formula is C19H12FN3O2S. The summed E-state index contributed by atoms with van der Waals surface area (Å²) in [7, 11) is 0. The van der Waals surface area contributed by atoms with E-state index in [1.165, 1.54) is 12.1 Å². The predicted octanol–water partition coefficient (Wildman–Crippen LogP) is 2.34. The number of benzene rings is 2. The van der Waals surface area contributed by atoms with Gasteiger partial charge in [-0.3, -0.25) is 14.6 Å². The molecule has 3 aromatic rings. The molecule has 1 aromatic heterocycles. The maximum atomic E-state index is 13.0. The highest BCUT2D eigenvalue weighted by atomic mass is 32.1. The van der Waals surface area contributed by atoms with E-state index in [1.54, 1.807) is 30.4 Å². The number of aromatic amines is 1. The predicted molar refractivity (Wildman–Crippen MR) is 99.3 cm³/mol. The fourth-order valence-corrected chi connectivity index (χ4v) is 3.31. The Kier molecular flexibility index (Phi) is 4.06. The average molecular weight is 365 g/mol. The van der Waals surface area contributed by atoms with Gasteiger partial charge in [0.25, 0.3) is 5.91 Å². The number of thiazole rings is 1. The first-order valence-corrected chi connectivity index (χ1v) is 8.57. The molecule has 0 unspecified atom stereocenters. The first-order valence-electron chi connectivity index (χ1n) is 7.76. The minimum atomic E-state index is -0.364. The van der Waals surface area contributed by atoms with Gasteiger partial charge in [-0.2, -0.15) is 0 Å². The number of fused-ring (bicyclic) bond motifs is 1. The molecule has 0 spiro atoms. The molecule has 1 aliphatic heterocycles. The number of nitrogens with one attached hydrogen (secondary N) is 2. The van der Waals surface area contributed by atoms with Crippen molar-refractivity contribution in [3.8, 4) is 0 Å². The number of amides is 1. The molecule has 26 heavy (non-hydrogen) atoms. The van der Waals surface area contributed by atoms with E-state index >= 15 is 0 Å². The Morgan fingerprint density at radius 2 is 1.85 bits per heavy atom. The summed E-state index contributed by atoms with van der Waals surface area (Å²) in [6.45, 7) is 0. The Morgan fingerprint density at radius 3 is 2.65 bits per heavy atom. The minimum absolute atomic E-state index is 0.262. The van der Waals surface area contributed by atoms with Gasteiger partial charge in [0, 0.05) is 16.5 Å². The number of rotatable bonds is 3. The molecule has 2 aromatic carbocycles. The highest BCUT2D eigenvalue weighted by Crippen LogP contribution is 2.24. The van der Waals surface area contributed by atoms with Gasteiger partial charge >= 0.3 is 4.87 Å². The van der Waals surface area contributed by atoms with E-state index in [0.717, 1.165) is 16.6 Å². The normalized spacial score (nSPS) is 14.5. The molecule has 0 radical (unpaired) electrons. The average Bonchev–Trinajstić information content (AvgIpc) is 2.96. The molecule has 0 saturated heterocycles. The van der Waals surface area contributed by atoms with Crippen LogP contribution in [0.5, 0.6) is 0 Å². The molecule has 0 bridgehead atoms. The fourth-order valence-electron chi connectivity index (χ4n) is 2.57. The number of halogens is 1. The van der Waals surface area contributed by atoms with Crippen molar-refractivity contribution >= 4 is 40.9 Å². The van der Waals surface area contributed by atoms with E-state index in [0.29, 0.717) is 27.3 Å². The third-order valence-corrected chi connectivity index (χ3v) is 4.62. The van der Waals surface area contributed by atoms with Crippen molar-refractivity contribution in [1.82, 2.24) is 4.98 Å². The number of aromatic nitrogens is 1. The Balaban J connectivity index is 1.74. The summed E-state index contributed by atoms with van der Waals surface area (Å²) >= 11 is 0.976. The Labute approximate surface area is 150 Å². The molecule has 7 heteroatoms. The molecule has 5 nitrogen and oxygen atoms in total. The number of hydrogen-bond acceptors (Lipinski definition) is 4. The van der Waals surface area contributed by atoms with Gasteiger partial charge in [-0.05, 0) is 42.5 Å². The van der Waals surface area contributed by atoms with Gasteiger partial charge in [-0.25, -0.2) is 9.38 Å². The van der Waals surface area contributed by atoms with Crippen LogP contribution >= 0.6 is 11.3 Å².